The molecule has 1 aromatic heterocycles. The molecule has 0 saturated heterocycles. The predicted molar refractivity (Wildman–Crippen MR) is 71.3 cm³/mol. The minimum atomic E-state index is -0.372. The quantitative estimate of drug-likeness (QED) is 0.911. The largest absolute Gasteiger partial charge is 0.378 e. The molecule has 0 fully saturated rings. The third-order valence-corrected chi connectivity index (χ3v) is 2.94. The third-order valence-electron chi connectivity index (χ3n) is 2.65. The van der Waals surface area contributed by atoms with Crippen molar-refractivity contribution in [1.29, 1.82) is 0 Å². The summed E-state index contributed by atoms with van der Waals surface area (Å²) in [5.41, 5.74) is 1.41. The average molecular weight is 268 g/mol. The lowest BCUT2D eigenvalue weighted by atomic mass is 10.2. The van der Waals surface area contributed by atoms with Crippen LogP contribution in [0.15, 0.2) is 30.6 Å². The lowest BCUT2D eigenvalue weighted by Gasteiger charge is -2.06. The Hall–Kier alpha value is -1.55. The smallest absolute Gasteiger partial charge is 0.146 e. The van der Waals surface area contributed by atoms with Crippen LogP contribution in [0.5, 0.6) is 0 Å². The SMILES string of the molecule is CC(C)n1cc(NCc2cccc(Cl)c2F)cn1. The van der Waals surface area contributed by atoms with Gasteiger partial charge in [0.25, 0.3) is 0 Å². The molecule has 0 atom stereocenters. The number of hydrogen-bond acceptors (Lipinski definition) is 2. The van der Waals surface area contributed by atoms with Crippen LogP contribution >= 0.6 is 11.6 Å². The summed E-state index contributed by atoms with van der Waals surface area (Å²) in [4.78, 5) is 0. The number of hydrogen-bond donors (Lipinski definition) is 1. The van der Waals surface area contributed by atoms with Gasteiger partial charge in [-0.25, -0.2) is 4.39 Å². The molecule has 2 rings (SSSR count). The van der Waals surface area contributed by atoms with Crippen molar-refractivity contribution in [2.45, 2.75) is 26.4 Å². The fourth-order valence-electron chi connectivity index (χ4n) is 1.59. The molecule has 0 unspecified atom stereocenters. The van der Waals surface area contributed by atoms with Crippen LogP contribution in [-0.2, 0) is 6.54 Å². The van der Waals surface area contributed by atoms with Gasteiger partial charge >= 0.3 is 0 Å². The summed E-state index contributed by atoms with van der Waals surface area (Å²) >= 11 is 5.72. The molecule has 1 aromatic carbocycles. The lowest BCUT2D eigenvalue weighted by molar-refractivity contribution is 0.532. The van der Waals surface area contributed by atoms with Gasteiger partial charge in [-0.3, -0.25) is 4.68 Å². The Bertz CT molecular complexity index is 537. The van der Waals surface area contributed by atoms with Gasteiger partial charge < -0.3 is 5.32 Å². The summed E-state index contributed by atoms with van der Waals surface area (Å²) in [6.07, 6.45) is 3.62. The number of anilines is 1. The average Bonchev–Trinajstić information content (AvgIpc) is 2.80. The Morgan fingerprint density at radius 2 is 2.22 bits per heavy atom. The maximum Gasteiger partial charge on any atom is 0.146 e. The highest BCUT2D eigenvalue weighted by atomic mass is 35.5. The molecule has 1 N–H and O–H groups in total. The molecule has 0 aliphatic rings. The van der Waals surface area contributed by atoms with Crippen LogP contribution in [0.1, 0.15) is 25.5 Å². The molecule has 0 radical (unpaired) electrons. The van der Waals surface area contributed by atoms with Gasteiger partial charge in [0.15, 0.2) is 0 Å². The van der Waals surface area contributed by atoms with E-state index >= 15 is 0 Å². The van der Waals surface area contributed by atoms with Crippen molar-refractivity contribution in [1.82, 2.24) is 9.78 Å². The number of aromatic nitrogens is 2. The number of nitrogens with zero attached hydrogens (tertiary/aromatic N) is 2. The molecule has 0 bridgehead atoms. The van der Waals surface area contributed by atoms with E-state index in [2.05, 4.69) is 10.4 Å². The van der Waals surface area contributed by atoms with E-state index in [0.29, 0.717) is 18.2 Å². The zero-order chi connectivity index (χ0) is 13.1. The molecule has 2 aromatic rings. The molecule has 3 nitrogen and oxygen atoms in total. The zero-order valence-electron chi connectivity index (χ0n) is 10.3. The van der Waals surface area contributed by atoms with Crippen LogP contribution in [0, 0.1) is 5.82 Å². The number of benzene rings is 1. The van der Waals surface area contributed by atoms with Gasteiger partial charge in [-0.1, -0.05) is 23.7 Å². The summed E-state index contributed by atoms with van der Waals surface area (Å²) in [6.45, 7) is 4.48. The van der Waals surface area contributed by atoms with Crippen molar-refractivity contribution < 1.29 is 4.39 Å². The summed E-state index contributed by atoms with van der Waals surface area (Å²) in [5.74, 6) is -0.372. The summed E-state index contributed by atoms with van der Waals surface area (Å²) < 4.78 is 15.5. The van der Waals surface area contributed by atoms with E-state index in [-0.39, 0.29) is 10.8 Å². The first kappa shape index (κ1) is 12.9. The van der Waals surface area contributed by atoms with Crippen molar-refractivity contribution in [2.24, 2.45) is 0 Å². The van der Waals surface area contributed by atoms with Crippen LogP contribution in [0.4, 0.5) is 10.1 Å². The minimum Gasteiger partial charge on any atom is -0.378 e. The maximum absolute atomic E-state index is 13.6. The van der Waals surface area contributed by atoms with Gasteiger partial charge in [-0.05, 0) is 19.9 Å². The van der Waals surface area contributed by atoms with Crippen LogP contribution < -0.4 is 5.32 Å². The second kappa shape index (κ2) is 5.40. The Morgan fingerprint density at radius 1 is 1.44 bits per heavy atom. The highest BCUT2D eigenvalue weighted by molar-refractivity contribution is 6.30. The van der Waals surface area contributed by atoms with Gasteiger partial charge in [0, 0.05) is 24.3 Å². The fourth-order valence-corrected chi connectivity index (χ4v) is 1.79. The molecule has 96 valence electrons. The van der Waals surface area contributed by atoms with E-state index in [0.717, 1.165) is 5.69 Å². The molecular formula is C13H15ClFN3. The molecule has 5 heteroatoms. The van der Waals surface area contributed by atoms with E-state index in [1.807, 2.05) is 24.7 Å². The molecule has 0 aliphatic heterocycles. The lowest BCUT2D eigenvalue weighted by Crippen LogP contribution is -2.02. The molecular weight excluding hydrogens is 253 g/mol. The van der Waals surface area contributed by atoms with E-state index in [4.69, 9.17) is 11.6 Å². The van der Waals surface area contributed by atoms with Crippen molar-refractivity contribution in [3.8, 4) is 0 Å². The Kier molecular flexibility index (Phi) is 3.87. The fraction of sp³-hybridized carbons (Fsp3) is 0.308. The van der Waals surface area contributed by atoms with E-state index in [9.17, 15) is 4.39 Å². The number of nitrogens with one attached hydrogen (secondary N) is 1. The van der Waals surface area contributed by atoms with Crippen LogP contribution in [0.3, 0.4) is 0 Å². The molecule has 1 heterocycles. The van der Waals surface area contributed by atoms with Crippen molar-refractivity contribution in [3.63, 3.8) is 0 Å². The predicted octanol–water partition coefficient (Wildman–Crippen LogP) is 3.87. The van der Waals surface area contributed by atoms with Gasteiger partial charge in [0.1, 0.15) is 5.82 Å². The van der Waals surface area contributed by atoms with E-state index < -0.39 is 0 Å². The zero-order valence-corrected chi connectivity index (χ0v) is 11.1. The molecule has 0 spiro atoms. The minimum absolute atomic E-state index is 0.146. The number of rotatable bonds is 4. The topological polar surface area (TPSA) is 29.9 Å². The van der Waals surface area contributed by atoms with Crippen LogP contribution in [-0.4, -0.2) is 9.78 Å². The second-order valence-corrected chi connectivity index (χ2v) is 4.78. The van der Waals surface area contributed by atoms with Crippen LogP contribution in [0.25, 0.3) is 0 Å². The second-order valence-electron chi connectivity index (χ2n) is 4.37. The van der Waals surface area contributed by atoms with Crippen molar-refractivity contribution >= 4 is 17.3 Å². The van der Waals surface area contributed by atoms with E-state index in [1.165, 1.54) is 6.07 Å². The first-order valence-electron chi connectivity index (χ1n) is 5.79. The standard InChI is InChI=1S/C13H15ClFN3/c1-9(2)18-8-11(7-17-18)16-6-10-4-3-5-12(14)13(10)15/h3-5,7-9,16H,6H2,1-2H3. The first-order chi connectivity index (χ1) is 8.58. The first-order valence-corrected chi connectivity index (χ1v) is 6.16. The summed E-state index contributed by atoms with van der Waals surface area (Å²) in [5, 5.41) is 7.47. The molecule has 18 heavy (non-hydrogen) atoms. The Labute approximate surface area is 111 Å². The van der Waals surface area contributed by atoms with Gasteiger partial charge in [-0.2, -0.15) is 5.10 Å². The van der Waals surface area contributed by atoms with Gasteiger partial charge in [0.2, 0.25) is 0 Å². The normalized spacial score (nSPS) is 10.9. The molecule has 0 amide bonds. The summed E-state index contributed by atoms with van der Waals surface area (Å²) in [7, 11) is 0. The highest BCUT2D eigenvalue weighted by Crippen LogP contribution is 2.19. The molecule has 0 saturated carbocycles. The summed E-state index contributed by atoms with van der Waals surface area (Å²) in [6, 6.07) is 5.29. The van der Waals surface area contributed by atoms with E-state index in [1.54, 1.807) is 18.3 Å². The Morgan fingerprint density at radius 3 is 2.89 bits per heavy atom. The van der Waals surface area contributed by atoms with Gasteiger partial charge in [0.05, 0.1) is 16.9 Å². The Balaban J connectivity index is 2.04. The third kappa shape index (κ3) is 2.82. The van der Waals surface area contributed by atoms with Crippen LogP contribution in [0.2, 0.25) is 5.02 Å². The van der Waals surface area contributed by atoms with Crippen molar-refractivity contribution in [3.05, 3.63) is 47.0 Å². The number of halogens is 2. The maximum atomic E-state index is 13.6. The monoisotopic (exact) mass is 267 g/mol. The van der Waals surface area contributed by atoms with Crippen molar-refractivity contribution in [2.75, 3.05) is 5.32 Å². The van der Waals surface area contributed by atoms with Gasteiger partial charge in [-0.15, -0.1) is 0 Å². The molecule has 0 aliphatic carbocycles. The highest BCUT2D eigenvalue weighted by Gasteiger charge is 2.06.